The van der Waals surface area contributed by atoms with E-state index in [0.717, 1.165) is 71.2 Å². The molecule has 0 radical (unpaired) electrons. The number of nitrogens with zero attached hydrogens (tertiary/aromatic N) is 3. The van der Waals surface area contributed by atoms with Crippen molar-refractivity contribution in [2.45, 2.75) is 71.1 Å². The summed E-state index contributed by atoms with van der Waals surface area (Å²) in [4.78, 5) is 4.79. The molecule has 5 heterocycles. The number of aromatic nitrogens is 2. The van der Waals surface area contributed by atoms with Crippen LogP contribution in [0.4, 0.5) is 0 Å². The van der Waals surface area contributed by atoms with Crippen LogP contribution in [-0.4, -0.2) is 29.9 Å². The van der Waals surface area contributed by atoms with Crippen LogP contribution in [0.2, 0.25) is 19.6 Å². The first-order chi connectivity index (χ1) is 26.2. The quantitative estimate of drug-likeness (QED) is 0.131. The molecule has 2 aliphatic heterocycles. The molecule has 2 unspecified atom stereocenters. The minimum atomic E-state index is -1.83. The van der Waals surface area contributed by atoms with Crippen molar-refractivity contribution in [3.05, 3.63) is 151 Å². The van der Waals surface area contributed by atoms with E-state index in [1.54, 1.807) is 0 Å². The Balaban J connectivity index is 1.28. The predicted octanol–water partition coefficient (Wildman–Crippen LogP) is 11.2. The van der Waals surface area contributed by atoms with Crippen LogP contribution in [0.3, 0.4) is 0 Å². The van der Waals surface area contributed by atoms with E-state index < -0.39 is 8.07 Å². The highest BCUT2D eigenvalue weighted by Crippen LogP contribution is 2.45. The molecule has 0 aliphatic carbocycles. The molecule has 0 spiro atoms. The number of rotatable bonds is 5. The van der Waals surface area contributed by atoms with Crippen LogP contribution in [0.25, 0.3) is 55.2 Å². The normalized spacial score (nSPS) is 17.3. The summed E-state index contributed by atoms with van der Waals surface area (Å²) < 4.78 is 11.8. The van der Waals surface area contributed by atoms with Gasteiger partial charge in [-0.3, -0.25) is 0 Å². The minimum Gasteiger partial charge on any atom is -0.437 e. The van der Waals surface area contributed by atoms with E-state index in [0.29, 0.717) is 11.6 Å². The number of pyridine rings is 2. The Kier molecular flexibility index (Phi) is 8.39. The van der Waals surface area contributed by atoms with Gasteiger partial charge in [0.05, 0.1) is 20.1 Å². The number of benzene rings is 4. The van der Waals surface area contributed by atoms with Crippen molar-refractivity contribution in [3.8, 4) is 22.4 Å². The smallest absolute Gasteiger partial charge is 0.227 e. The lowest BCUT2D eigenvalue weighted by atomic mass is 9.77. The van der Waals surface area contributed by atoms with Gasteiger partial charge >= 0.3 is 0 Å². The number of furan rings is 1. The third-order valence-corrected chi connectivity index (χ3v) is 13.9. The van der Waals surface area contributed by atoms with Crippen LogP contribution in [0, 0.1) is 6.92 Å². The summed E-state index contributed by atoms with van der Waals surface area (Å²) in [5.74, 6) is 0.297. The van der Waals surface area contributed by atoms with E-state index in [4.69, 9.17) is 16.0 Å². The van der Waals surface area contributed by atoms with E-state index in [9.17, 15) is 0 Å². The molecule has 2 atom stereocenters. The number of allylic oxidation sites excluding steroid dienone is 2. The van der Waals surface area contributed by atoms with E-state index >= 15 is 0 Å². The molecule has 0 N–H and O–H groups in total. The molecule has 7 aromatic rings. The second kappa shape index (κ2) is 13.2. The second-order valence-corrected chi connectivity index (χ2v) is 21.4. The number of hydrogen-bond acceptors (Lipinski definition) is 2. The van der Waals surface area contributed by atoms with Gasteiger partial charge in [-0.1, -0.05) is 106 Å². The Labute approximate surface area is 319 Å². The molecular weight excluding hydrogens is 675 g/mol. The van der Waals surface area contributed by atoms with Crippen molar-refractivity contribution in [2.75, 3.05) is 6.54 Å². The topological polar surface area (TPSA) is 32.9 Å². The molecule has 0 saturated carbocycles. The van der Waals surface area contributed by atoms with Crippen LogP contribution < -0.4 is 9.75 Å². The SMILES string of the molecule is C=CC1=[N+](CCC)C(=C)CC2C(CCc3ccc4c(oc5nc(C)ccc54)c31)c1ccccc1-c1cc(-c3cccc4ccccc34)c([Si](C)(C)C)c[n+]12. The molecule has 0 saturated heterocycles. The number of fused-ring (bicyclic) bond motifs is 12. The van der Waals surface area contributed by atoms with Gasteiger partial charge in [0.2, 0.25) is 17.1 Å². The molecule has 9 rings (SSSR count). The lowest BCUT2D eigenvalue weighted by Crippen LogP contribution is -2.53. The standard InChI is InChI=1S/C49H49N3OSi/c1-8-27-51-32(4)28-44-39(25-22-34-23-26-40-41-24-21-31(3)50-49(41)53-48(40)47(34)43(51)9-2)37-18-12-13-19-38(37)45-29-42(46(30-52(44)45)54(5,6)7)36-20-14-16-33-15-10-11-17-35(33)36/h9-21,23-24,26,29-30,39,44H,2,4,8,22,25,27-28H2,1,3,5-7H3/q+2. The van der Waals surface area contributed by atoms with Crippen molar-refractivity contribution in [2.24, 2.45) is 0 Å². The van der Waals surface area contributed by atoms with Gasteiger partial charge in [-0.05, 0) is 77.6 Å². The molecule has 268 valence electrons. The Morgan fingerprint density at radius 1 is 0.870 bits per heavy atom. The lowest BCUT2D eigenvalue weighted by molar-refractivity contribution is -0.719. The second-order valence-electron chi connectivity index (χ2n) is 16.4. The highest BCUT2D eigenvalue weighted by molar-refractivity contribution is 6.89. The molecular formula is C49H49N3OSi+2. The van der Waals surface area contributed by atoms with Gasteiger partial charge in [0.25, 0.3) is 0 Å². The summed E-state index contributed by atoms with van der Waals surface area (Å²) >= 11 is 0. The zero-order chi connectivity index (χ0) is 37.3. The van der Waals surface area contributed by atoms with Crippen LogP contribution in [0.5, 0.6) is 0 Å². The molecule has 54 heavy (non-hydrogen) atoms. The fourth-order valence-corrected chi connectivity index (χ4v) is 10.9. The summed E-state index contributed by atoms with van der Waals surface area (Å²) in [5.41, 5.74) is 13.9. The number of hydrogen-bond donors (Lipinski definition) is 0. The summed E-state index contributed by atoms with van der Waals surface area (Å²) in [6.07, 6.45) is 8.33. The van der Waals surface area contributed by atoms with Crippen LogP contribution in [0.1, 0.15) is 60.5 Å². The maximum absolute atomic E-state index is 6.69. The molecule has 2 aliphatic rings. The zero-order valence-electron chi connectivity index (χ0n) is 32.2. The molecule has 4 nitrogen and oxygen atoms in total. The molecule has 5 heteroatoms. The molecule has 0 fully saturated rings. The van der Waals surface area contributed by atoms with Crippen molar-refractivity contribution in [3.63, 3.8) is 0 Å². The summed E-state index contributed by atoms with van der Waals surface area (Å²) in [6.45, 7) is 21.9. The first-order valence-corrected chi connectivity index (χ1v) is 23.1. The van der Waals surface area contributed by atoms with Crippen LogP contribution in [-0.2, 0) is 6.42 Å². The van der Waals surface area contributed by atoms with Crippen LogP contribution >= 0.6 is 0 Å². The molecule has 0 bridgehead atoms. The van der Waals surface area contributed by atoms with E-state index in [-0.39, 0.29) is 6.04 Å². The van der Waals surface area contributed by atoms with E-state index in [1.807, 2.05) is 13.0 Å². The summed E-state index contributed by atoms with van der Waals surface area (Å²) in [7, 11) is -1.83. The molecule has 4 aromatic carbocycles. The monoisotopic (exact) mass is 723 g/mol. The van der Waals surface area contributed by atoms with Crippen molar-refractivity contribution >= 4 is 51.8 Å². The Hall–Kier alpha value is -5.39. The third kappa shape index (κ3) is 5.51. The van der Waals surface area contributed by atoms with Crippen molar-refractivity contribution < 1.29 is 13.6 Å². The highest BCUT2D eigenvalue weighted by Gasteiger charge is 2.44. The van der Waals surface area contributed by atoms with Gasteiger partial charge in [0.15, 0.2) is 23.5 Å². The van der Waals surface area contributed by atoms with Crippen molar-refractivity contribution in [1.82, 2.24) is 4.98 Å². The van der Waals surface area contributed by atoms with Gasteiger partial charge in [0, 0.05) is 51.7 Å². The maximum Gasteiger partial charge on any atom is 0.227 e. The highest BCUT2D eigenvalue weighted by atomic mass is 28.3. The Morgan fingerprint density at radius 3 is 2.44 bits per heavy atom. The number of aryl methyl sites for hydroxylation is 2. The minimum absolute atomic E-state index is 0.202. The van der Waals surface area contributed by atoms with Gasteiger partial charge < -0.3 is 4.42 Å². The fourth-order valence-electron chi connectivity index (χ4n) is 9.41. The maximum atomic E-state index is 6.69. The summed E-state index contributed by atoms with van der Waals surface area (Å²) in [5, 5.41) is 6.23. The lowest BCUT2D eigenvalue weighted by Gasteiger charge is -2.33. The van der Waals surface area contributed by atoms with Gasteiger partial charge in [-0.2, -0.15) is 9.14 Å². The van der Waals surface area contributed by atoms with Gasteiger partial charge in [-0.15, -0.1) is 0 Å². The average Bonchev–Trinajstić information content (AvgIpc) is 3.54. The largest absolute Gasteiger partial charge is 0.437 e. The van der Waals surface area contributed by atoms with Gasteiger partial charge in [0.1, 0.15) is 6.54 Å². The third-order valence-electron chi connectivity index (χ3n) is 11.9. The Bertz CT molecular complexity index is 2700. The summed E-state index contributed by atoms with van der Waals surface area (Å²) in [6, 6.07) is 36.3. The predicted molar refractivity (Wildman–Crippen MR) is 228 cm³/mol. The zero-order valence-corrected chi connectivity index (χ0v) is 33.2. The first kappa shape index (κ1) is 34.4. The first-order valence-electron chi connectivity index (χ1n) is 19.6. The van der Waals surface area contributed by atoms with Crippen molar-refractivity contribution in [1.29, 1.82) is 0 Å². The molecule has 3 aromatic heterocycles. The Morgan fingerprint density at radius 2 is 1.63 bits per heavy atom. The van der Waals surface area contributed by atoms with E-state index in [2.05, 4.69) is 146 Å². The molecule has 0 amide bonds. The fraction of sp³-hybridized carbons (Fsp3) is 0.245. The van der Waals surface area contributed by atoms with Crippen LogP contribution in [0.15, 0.2) is 133 Å². The van der Waals surface area contributed by atoms with Gasteiger partial charge in [-0.25, -0.2) is 4.98 Å². The average molecular weight is 724 g/mol. The van der Waals surface area contributed by atoms with E-state index in [1.165, 1.54) is 49.5 Å².